The molecule has 1 aliphatic rings. The summed E-state index contributed by atoms with van der Waals surface area (Å²) in [6.45, 7) is 2.90. The summed E-state index contributed by atoms with van der Waals surface area (Å²) in [7, 11) is 0. The van der Waals surface area contributed by atoms with Gasteiger partial charge in [-0.15, -0.1) is 0 Å². The molecule has 0 radical (unpaired) electrons. The fourth-order valence-corrected chi connectivity index (χ4v) is 4.13. The molecule has 0 aliphatic carbocycles. The molecular weight excluding hydrogens is 394 g/mol. The van der Waals surface area contributed by atoms with Gasteiger partial charge in [0.05, 0.1) is 10.9 Å². The molecule has 28 heavy (non-hydrogen) atoms. The number of carbonyl (C=O) groups is 2. The van der Waals surface area contributed by atoms with E-state index in [2.05, 4.69) is 10.3 Å². The minimum Gasteiger partial charge on any atom is -0.355 e. The topological polar surface area (TPSA) is 61.8 Å². The van der Waals surface area contributed by atoms with E-state index in [1.54, 1.807) is 4.90 Å². The normalized spacial score (nSPS) is 18.4. The van der Waals surface area contributed by atoms with Crippen LogP contribution in [-0.4, -0.2) is 40.2 Å². The number of para-hydroxylation sites is 1. The van der Waals surface area contributed by atoms with Crippen LogP contribution >= 0.6 is 23.4 Å². The van der Waals surface area contributed by atoms with Gasteiger partial charge in [-0.05, 0) is 43.2 Å². The second-order valence-electron chi connectivity index (χ2n) is 6.36. The summed E-state index contributed by atoms with van der Waals surface area (Å²) in [5, 5.41) is 3.59. The van der Waals surface area contributed by atoms with Gasteiger partial charge in [0.25, 0.3) is 0 Å². The average Bonchev–Trinajstić information content (AvgIpc) is 2.69. The zero-order valence-corrected chi connectivity index (χ0v) is 17.2. The molecule has 2 amide bonds. The molecule has 2 aromatic carbocycles. The highest BCUT2D eigenvalue weighted by atomic mass is 35.5. The van der Waals surface area contributed by atoms with Gasteiger partial charge < -0.3 is 5.32 Å². The van der Waals surface area contributed by atoms with Crippen LogP contribution in [0.2, 0.25) is 5.02 Å². The Morgan fingerprint density at radius 1 is 1.21 bits per heavy atom. The molecule has 0 saturated carbocycles. The van der Waals surface area contributed by atoms with Gasteiger partial charge >= 0.3 is 0 Å². The van der Waals surface area contributed by atoms with Crippen LogP contribution in [0.15, 0.2) is 59.6 Å². The second kappa shape index (κ2) is 9.75. The van der Waals surface area contributed by atoms with Crippen molar-refractivity contribution in [2.75, 3.05) is 13.1 Å². The summed E-state index contributed by atoms with van der Waals surface area (Å²) >= 11 is 7.29. The Morgan fingerprint density at radius 2 is 1.93 bits per heavy atom. The maximum Gasteiger partial charge on any atom is 0.234 e. The molecule has 1 saturated heterocycles. The number of nitrogens with zero attached hydrogens (tertiary/aromatic N) is 2. The Labute approximate surface area is 174 Å². The van der Waals surface area contributed by atoms with E-state index in [1.807, 2.05) is 61.5 Å². The van der Waals surface area contributed by atoms with Crippen LogP contribution in [0.5, 0.6) is 0 Å². The third kappa shape index (κ3) is 5.36. The Bertz CT molecular complexity index is 856. The number of hydrogen-bond donors (Lipinski definition) is 1. The Kier molecular flexibility index (Phi) is 7.12. The highest BCUT2D eigenvalue weighted by molar-refractivity contribution is 8.15. The Hall–Kier alpha value is -2.31. The molecule has 1 atom stereocenters. The lowest BCUT2D eigenvalue weighted by atomic mass is 10.1. The van der Waals surface area contributed by atoms with Crippen molar-refractivity contribution in [2.45, 2.75) is 25.0 Å². The molecule has 1 fully saturated rings. The van der Waals surface area contributed by atoms with Crippen molar-refractivity contribution >= 4 is 46.0 Å². The lowest BCUT2D eigenvalue weighted by Gasteiger charge is -2.31. The zero-order valence-electron chi connectivity index (χ0n) is 15.6. The van der Waals surface area contributed by atoms with Gasteiger partial charge in [-0.2, -0.15) is 0 Å². The highest BCUT2D eigenvalue weighted by Gasteiger charge is 2.35. The molecule has 1 aliphatic heterocycles. The van der Waals surface area contributed by atoms with E-state index >= 15 is 0 Å². The van der Waals surface area contributed by atoms with Crippen LogP contribution in [0.3, 0.4) is 0 Å². The van der Waals surface area contributed by atoms with Gasteiger partial charge in [0.1, 0.15) is 0 Å². The third-order valence-electron chi connectivity index (χ3n) is 4.30. The molecule has 1 heterocycles. The summed E-state index contributed by atoms with van der Waals surface area (Å²) in [6, 6.07) is 17.1. The molecule has 146 valence electrons. The summed E-state index contributed by atoms with van der Waals surface area (Å²) in [4.78, 5) is 31.4. The van der Waals surface area contributed by atoms with Crippen molar-refractivity contribution in [3.8, 4) is 0 Å². The molecule has 1 N–H and O–H groups in total. The Morgan fingerprint density at radius 3 is 2.61 bits per heavy atom. The second-order valence-corrected chi connectivity index (χ2v) is 7.96. The fraction of sp³-hybridized carbons (Fsp3) is 0.286. The van der Waals surface area contributed by atoms with Gasteiger partial charge in [0.15, 0.2) is 5.17 Å². The number of rotatable bonds is 6. The SMILES string of the molecule is CCNC(=O)[C@@H]1CC(=O)N(CCc2ccc(Cl)cc2)C(=Nc2ccccc2)S1. The quantitative estimate of drug-likeness (QED) is 0.774. The molecule has 5 nitrogen and oxygen atoms in total. The molecule has 0 bridgehead atoms. The van der Waals surface area contributed by atoms with E-state index in [1.165, 1.54) is 11.8 Å². The minimum atomic E-state index is -0.457. The Balaban J connectivity index is 1.81. The van der Waals surface area contributed by atoms with Crippen LogP contribution in [0.25, 0.3) is 0 Å². The molecule has 0 aromatic heterocycles. The first kappa shape index (κ1) is 20.4. The molecule has 0 unspecified atom stereocenters. The first-order valence-corrected chi connectivity index (χ1v) is 10.5. The average molecular weight is 416 g/mol. The van der Waals surface area contributed by atoms with E-state index < -0.39 is 5.25 Å². The molecule has 0 spiro atoms. The smallest absolute Gasteiger partial charge is 0.234 e. The van der Waals surface area contributed by atoms with E-state index in [-0.39, 0.29) is 18.2 Å². The fourth-order valence-electron chi connectivity index (χ4n) is 2.85. The number of thioether (sulfide) groups is 1. The largest absolute Gasteiger partial charge is 0.355 e. The van der Waals surface area contributed by atoms with Crippen LogP contribution < -0.4 is 5.32 Å². The maximum absolute atomic E-state index is 12.8. The third-order valence-corrected chi connectivity index (χ3v) is 5.74. The number of nitrogens with one attached hydrogen (secondary N) is 1. The summed E-state index contributed by atoms with van der Waals surface area (Å²) in [5.41, 5.74) is 1.85. The van der Waals surface area contributed by atoms with Gasteiger partial charge in [0, 0.05) is 24.5 Å². The lowest BCUT2D eigenvalue weighted by molar-refractivity contribution is -0.130. The summed E-state index contributed by atoms with van der Waals surface area (Å²) in [5.74, 6) is -0.211. The van der Waals surface area contributed by atoms with E-state index in [4.69, 9.17) is 11.6 Å². The van der Waals surface area contributed by atoms with E-state index in [0.717, 1.165) is 11.3 Å². The maximum atomic E-state index is 12.8. The monoisotopic (exact) mass is 415 g/mol. The number of aliphatic imine (C=N–C) groups is 1. The van der Waals surface area contributed by atoms with E-state index in [9.17, 15) is 9.59 Å². The standard InChI is InChI=1S/C21H22ClN3O2S/c1-2-23-20(27)18-14-19(26)25(13-12-15-8-10-16(22)11-9-15)21(28-18)24-17-6-4-3-5-7-17/h3-11,18H,2,12-14H2,1H3,(H,23,27)/t18-/m0/s1. The number of amides is 2. The predicted molar refractivity (Wildman–Crippen MR) is 115 cm³/mol. The van der Waals surface area contributed by atoms with Gasteiger partial charge in [-0.1, -0.05) is 53.7 Å². The number of amidine groups is 1. The van der Waals surface area contributed by atoms with Crippen molar-refractivity contribution in [2.24, 2.45) is 4.99 Å². The van der Waals surface area contributed by atoms with Gasteiger partial charge in [-0.25, -0.2) is 4.99 Å². The number of benzene rings is 2. The van der Waals surface area contributed by atoms with Crippen LogP contribution in [0.4, 0.5) is 5.69 Å². The highest BCUT2D eigenvalue weighted by Crippen LogP contribution is 2.29. The van der Waals surface area contributed by atoms with Crippen molar-refractivity contribution in [1.29, 1.82) is 0 Å². The van der Waals surface area contributed by atoms with Crippen molar-refractivity contribution < 1.29 is 9.59 Å². The molecular formula is C21H22ClN3O2S. The number of halogens is 1. The van der Waals surface area contributed by atoms with Crippen LogP contribution in [0, 0.1) is 0 Å². The zero-order chi connectivity index (χ0) is 19.9. The molecule has 7 heteroatoms. The van der Waals surface area contributed by atoms with Crippen molar-refractivity contribution in [3.63, 3.8) is 0 Å². The first-order chi connectivity index (χ1) is 13.6. The van der Waals surface area contributed by atoms with Crippen molar-refractivity contribution in [1.82, 2.24) is 10.2 Å². The number of hydrogen-bond acceptors (Lipinski definition) is 4. The minimum absolute atomic E-state index is 0.0846. The summed E-state index contributed by atoms with van der Waals surface area (Å²) in [6.07, 6.45) is 0.855. The lowest BCUT2D eigenvalue weighted by Crippen LogP contribution is -2.47. The van der Waals surface area contributed by atoms with Crippen LogP contribution in [0.1, 0.15) is 18.9 Å². The van der Waals surface area contributed by atoms with Gasteiger partial charge in [-0.3, -0.25) is 14.5 Å². The van der Waals surface area contributed by atoms with Crippen molar-refractivity contribution in [3.05, 3.63) is 65.2 Å². The van der Waals surface area contributed by atoms with Crippen LogP contribution in [-0.2, 0) is 16.0 Å². The predicted octanol–water partition coefficient (Wildman–Crippen LogP) is 4.04. The van der Waals surface area contributed by atoms with Gasteiger partial charge in [0.2, 0.25) is 11.8 Å². The molecule has 3 rings (SSSR count). The summed E-state index contributed by atoms with van der Waals surface area (Å²) < 4.78 is 0. The first-order valence-electron chi connectivity index (χ1n) is 9.19. The van der Waals surface area contributed by atoms with E-state index in [0.29, 0.717) is 29.7 Å². The molecule has 2 aromatic rings. The number of carbonyl (C=O) groups excluding carboxylic acids is 2.